The summed E-state index contributed by atoms with van der Waals surface area (Å²) in [5.74, 6) is -8.75. The van der Waals surface area contributed by atoms with E-state index in [0.29, 0.717) is 0 Å². The average Bonchev–Trinajstić information content (AvgIpc) is 3.22. The summed E-state index contributed by atoms with van der Waals surface area (Å²) >= 11 is 0. The summed E-state index contributed by atoms with van der Waals surface area (Å²) in [5, 5.41) is -5.89. The molecule has 5 atom stereocenters. The summed E-state index contributed by atoms with van der Waals surface area (Å²) in [6.07, 6.45) is -8.18. The van der Waals surface area contributed by atoms with Gasteiger partial charge in [-0.2, -0.15) is 17.6 Å². The lowest BCUT2D eigenvalue weighted by molar-refractivity contribution is -0.235. The van der Waals surface area contributed by atoms with Gasteiger partial charge in [-0.05, 0) is 27.7 Å². The first kappa shape index (κ1) is 25.5. The van der Waals surface area contributed by atoms with Crippen molar-refractivity contribution in [3.8, 4) is 0 Å². The lowest BCUT2D eigenvalue weighted by Crippen LogP contribution is -2.47. The van der Waals surface area contributed by atoms with Crippen molar-refractivity contribution in [3.05, 3.63) is 0 Å². The highest BCUT2D eigenvalue weighted by Gasteiger charge is 2.62. The highest BCUT2D eigenvalue weighted by Crippen LogP contribution is 2.43. The van der Waals surface area contributed by atoms with Crippen LogP contribution in [0.15, 0.2) is 0 Å². The number of rotatable bonds is 7. The molecule has 0 aromatic heterocycles. The summed E-state index contributed by atoms with van der Waals surface area (Å²) in [6, 6.07) is 0. The molecular formula is C17H23F4O10S-. The van der Waals surface area contributed by atoms with Gasteiger partial charge in [-0.15, -0.1) is 0 Å². The van der Waals surface area contributed by atoms with Gasteiger partial charge in [0.15, 0.2) is 40.2 Å². The molecule has 32 heavy (non-hydrogen) atoms. The van der Waals surface area contributed by atoms with Gasteiger partial charge in [-0.1, -0.05) is 0 Å². The molecule has 3 aliphatic heterocycles. The first-order chi connectivity index (χ1) is 14.4. The number of carbonyl (C=O) groups is 1. The van der Waals surface area contributed by atoms with Gasteiger partial charge in [0.1, 0.15) is 12.2 Å². The Labute approximate surface area is 181 Å². The molecule has 0 aromatic carbocycles. The van der Waals surface area contributed by atoms with Crippen LogP contribution in [0.25, 0.3) is 0 Å². The Balaban J connectivity index is 1.70. The maximum Gasteiger partial charge on any atom is 0.396 e. The molecule has 0 spiro atoms. The van der Waals surface area contributed by atoms with Crippen molar-refractivity contribution in [2.75, 3.05) is 6.61 Å². The minimum atomic E-state index is -6.66. The number of fused-ring (bicyclic) bond motifs is 1. The third-order valence-electron chi connectivity index (χ3n) is 5.07. The van der Waals surface area contributed by atoms with Crippen molar-refractivity contribution >= 4 is 16.1 Å². The number of ether oxygens (including phenoxy) is 6. The van der Waals surface area contributed by atoms with Crippen LogP contribution in [-0.2, 0) is 43.3 Å². The number of alkyl halides is 4. The van der Waals surface area contributed by atoms with Crippen LogP contribution in [0.3, 0.4) is 0 Å². The molecule has 3 fully saturated rings. The van der Waals surface area contributed by atoms with E-state index in [-0.39, 0.29) is 6.61 Å². The average molecular weight is 495 g/mol. The lowest BCUT2D eigenvalue weighted by atomic mass is 10.1. The topological polar surface area (TPSA) is 130 Å². The van der Waals surface area contributed by atoms with Gasteiger partial charge >= 0.3 is 17.1 Å². The van der Waals surface area contributed by atoms with Gasteiger partial charge in [-0.25, -0.2) is 8.42 Å². The lowest BCUT2D eigenvalue weighted by Gasteiger charge is -2.30. The molecule has 3 aliphatic rings. The van der Waals surface area contributed by atoms with Crippen LogP contribution in [0.2, 0.25) is 0 Å². The van der Waals surface area contributed by atoms with Crippen molar-refractivity contribution < 1.29 is 63.7 Å². The summed E-state index contributed by atoms with van der Waals surface area (Å²) in [6.45, 7) is 6.43. The number of esters is 1. The Kier molecular flexibility index (Phi) is 6.37. The smallest absolute Gasteiger partial charge is 0.396 e. The first-order valence-corrected chi connectivity index (χ1v) is 11.0. The van der Waals surface area contributed by atoms with Gasteiger partial charge in [0, 0.05) is 6.42 Å². The molecule has 15 heteroatoms. The van der Waals surface area contributed by atoms with E-state index in [9.17, 15) is 35.3 Å². The molecule has 186 valence electrons. The molecule has 3 heterocycles. The summed E-state index contributed by atoms with van der Waals surface area (Å²) < 4.78 is 119. The van der Waals surface area contributed by atoms with E-state index in [4.69, 9.17) is 28.4 Å². The van der Waals surface area contributed by atoms with E-state index in [1.54, 1.807) is 27.7 Å². The van der Waals surface area contributed by atoms with Crippen LogP contribution in [0.4, 0.5) is 17.6 Å². The predicted molar refractivity (Wildman–Crippen MR) is 92.3 cm³/mol. The molecule has 0 aliphatic carbocycles. The summed E-state index contributed by atoms with van der Waals surface area (Å²) in [7, 11) is -6.66. The van der Waals surface area contributed by atoms with Gasteiger partial charge in [0.25, 0.3) is 0 Å². The molecule has 10 nitrogen and oxygen atoms in total. The van der Waals surface area contributed by atoms with Crippen LogP contribution < -0.4 is 0 Å². The Bertz CT molecular complexity index is 846. The van der Waals surface area contributed by atoms with E-state index >= 15 is 0 Å². The fraction of sp³-hybridized carbons (Fsp3) is 0.941. The van der Waals surface area contributed by atoms with Crippen molar-refractivity contribution in [1.29, 1.82) is 0 Å². The minimum absolute atomic E-state index is 0.0419. The Morgan fingerprint density at radius 2 is 1.69 bits per heavy atom. The third kappa shape index (κ3) is 4.88. The highest BCUT2D eigenvalue weighted by molar-refractivity contribution is 7.86. The van der Waals surface area contributed by atoms with Crippen LogP contribution in [0.5, 0.6) is 0 Å². The van der Waals surface area contributed by atoms with Gasteiger partial charge < -0.3 is 33.0 Å². The maximum atomic E-state index is 13.7. The molecule has 0 N–H and O–H groups in total. The van der Waals surface area contributed by atoms with Gasteiger partial charge in [-0.3, -0.25) is 4.79 Å². The molecule has 3 rings (SSSR count). The van der Waals surface area contributed by atoms with Crippen LogP contribution in [0, 0.1) is 0 Å². The number of hydrogen-bond donors (Lipinski definition) is 0. The fourth-order valence-electron chi connectivity index (χ4n) is 3.61. The van der Waals surface area contributed by atoms with Crippen LogP contribution in [0.1, 0.15) is 40.5 Å². The molecule has 5 unspecified atom stereocenters. The van der Waals surface area contributed by atoms with Gasteiger partial charge in [0.2, 0.25) is 0 Å². The third-order valence-corrected chi connectivity index (χ3v) is 6.00. The second kappa shape index (κ2) is 7.99. The van der Waals surface area contributed by atoms with E-state index in [0.717, 1.165) is 0 Å². The standard InChI is InChI=1S/C17H24F4O10S/c1-14(2)26-7-8(29-14)10-11(12-13(28-10)31-15(3,4)30-12)27-9(22)5-6-16(18,19)17(20,21)32(23,24)25/h8,10-13H,5-7H2,1-4H3,(H,23,24,25)/p-1. The second-order valence-electron chi connectivity index (χ2n) is 8.57. The largest absolute Gasteiger partial charge is 0.743 e. The van der Waals surface area contributed by atoms with E-state index in [1.165, 1.54) is 0 Å². The van der Waals surface area contributed by atoms with Crippen LogP contribution in [-0.4, -0.2) is 79.0 Å². The Morgan fingerprint density at radius 1 is 1.06 bits per heavy atom. The van der Waals surface area contributed by atoms with Crippen LogP contribution >= 0.6 is 0 Å². The first-order valence-electron chi connectivity index (χ1n) is 9.59. The van der Waals surface area contributed by atoms with Crippen molar-refractivity contribution in [3.63, 3.8) is 0 Å². The van der Waals surface area contributed by atoms with Crippen molar-refractivity contribution in [1.82, 2.24) is 0 Å². The van der Waals surface area contributed by atoms with Crippen molar-refractivity contribution in [2.24, 2.45) is 0 Å². The molecule has 0 aromatic rings. The molecule has 0 amide bonds. The summed E-state index contributed by atoms with van der Waals surface area (Å²) in [4.78, 5) is 12.2. The van der Waals surface area contributed by atoms with E-state index in [1.807, 2.05) is 0 Å². The monoisotopic (exact) mass is 495 g/mol. The highest BCUT2D eigenvalue weighted by atomic mass is 32.2. The zero-order valence-corrected chi connectivity index (χ0v) is 18.3. The molecule has 0 radical (unpaired) electrons. The Morgan fingerprint density at radius 3 is 2.22 bits per heavy atom. The molecule has 0 bridgehead atoms. The number of carbonyl (C=O) groups excluding carboxylic acids is 1. The fourth-order valence-corrected chi connectivity index (χ4v) is 4.08. The minimum Gasteiger partial charge on any atom is -0.743 e. The SMILES string of the molecule is CC1(C)OCC(C2OC3OC(C)(C)OC3C2OC(=O)CCC(F)(F)C(F)(F)S(=O)(=O)[O-])O1. The second-order valence-corrected chi connectivity index (χ2v) is 9.99. The molecule has 0 saturated carbocycles. The van der Waals surface area contributed by atoms with E-state index < -0.39 is 82.4 Å². The predicted octanol–water partition coefficient (Wildman–Crippen LogP) is 1.48. The zero-order chi connectivity index (χ0) is 24.3. The Hall–Kier alpha value is -1.10. The number of hydrogen-bond acceptors (Lipinski definition) is 10. The normalized spacial score (nSPS) is 34.5. The molecule has 3 saturated heterocycles. The number of halogens is 4. The van der Waals surface area contributed by atoms with Gasteiger partial charge in [0.05, 0.1) is 13.0 Å². The van der Waals surface area contributed by atoms with E-state index in [2.05, 4.69) is 0 Å². The molecular weight excluding hydrogens is 472 g/mol. The summed E-state index contributed by atoms with van der Waals surface area (Å²) in [5.41, 5.74) is 0. The zero-order valence-electron chi connectivity index (χ0n) is 17.5. The quantitative estimate of drug-likeness (QED) is 0.291. The maximum absolute atomic E-state index is 13.7. The van der Waals surface area contributed by atoms with Crippen molar-refractivity contribution in [2.45, 2.75) is 94.0 Å².